The first kappa shape index (κ1) is 12.8. The summed E-state index contributed by atoms with van der Waals surface area (Å²) in [4.78, 5) is 13.9. The van der Waals surface area contributed by atoms with Crippen LogP contribution < -0.4 is 5.73 Å². The van der Waals surface area contributed by atoms with Crippen molar-refractivity contribution in [3.8, 4) is 0 Å². The van der Waals surface area contributed by atoms with Crippen LogP contribution in [0.3, 0.4) is 0 Å². The van der Waals surface area contributed by atoms with Crippen molar-refractivity contribution in [3.63, 3.8) is 0 Å². The number of amides is 1. The van der Waals surface area contributed by atoms with Crippen molar-refractivity contribution >= 4 is 17.7 Å². The van der Waals surface area contributed by atoms with Gasteiger partial charge in [0.25, 0.3) is 0 Å². The normalized spacial score (nSPS) is 24.3. The molecule has 1 saturated heterocycles. The minimum Gasteiger partial charge on any atom is -0.339 e. The molecule has 88 valence electrons. The molecular formula is C11H22N2OS. The Hall–Kier alpha value is -0.220. The number of hydrogen-bond donors (Lipinski definition) is 1. The molecule has 3 nitrogen and oxygen atoms in total. The predicted octanol–water partition coefficient (Wildman–Crippen LogP) is 1.32. The van der Waals surface area contributed by atoms with Crippen molar-refractivity contribution in [1.82, 2.24) is 4.90 Å². The molecule has 1 aliphatic heterocycles. The maximum Gasteiger partial charge on any atom is 0.239 e. The first-order chi connectivity index (χ1) is 7.00. The van der Waals surface area contributed by atoms with Gasteiger partial charge in [0.2, 0.25) is 5.91 Å². The van der Waals surface area contributed by atoms with E-state index in [1.54, 1.807) is 0 Å². The van der Waals surface area contributed by atoms with E-state index in [4.69, 9.17) is 5.73 Å². The first-order valence-corrected chi connectivity index (χ1v) is 6.71. The molecule has 1 heterocycles. The van der Waals surface area contributed by atoms with E-state index in [0.29, 0.717) is 11.2 Å². The highest BCUT2D eigenvalue weighted by Gasteiger charge is 2.25. The molecule has 2 atom stereocenters. The Bertz CT molecular complexity index is 221. The summed E-state index contributed by atoms with van der Waals surface area (Å²) in [5, 5.41) is 0.550. The van der Waals surface area contributed by atoms with E-state index >= 15 is 0 Å². The Morgan fingerprint density at radius 1 is 1.60 bits per heavy atom. The average Bonchev–Trinajstić information content (AvgIpc) is 2.15. The molecule has 0 saturated carbocycles. The molecule has 0 aromatic carbocycles. The smallest absolute Gasteiger partial charge is 0.239 e. The van der Waals surface area contributed by atoms with Crippen LogP contribution in [-0.2, 0) is 4.79 Å². The number of carbonyl (C=O) groups excluding carboxylic acids is 1. The Morgan fingerprint density at radius 3 is 2.80 bits per heavy atom. The fourth-order valence-electron chi connectivity index (χ4n) is 1.86. The lowest BCUT2D eigenvalue weighted by Gasteiger charge is -2.32. The zero-order valence-corrected chi connectivity index (χ0v) is 10.7. The lowest BCUT2D eigenvalue weighted by molar-refractivity contribution is -0.132. The monoisotopic (exact) mass is 230 g/mol. The Kier molecular flexibility index (Phi) is 4.93. The number of hydrogen-bond acceptors (Lipinski definition) is 3. The largest absolute Gasteiger partial charge is 0.339 e. The van der Waals surface area contributed by atoms with Gasteiger partial charge in [0.05, 0.1) is 6.04 Å². The van der Waals surface area contributed by atoms with Gasteiger partial charge in [-0.1, -0.05) is 20.8 Å². The van der Waals surface area contributed by atoms with Crippen molar-refractivity contribution in [2.45, 2.75) is 38.5 Å². The van der Waals surface area contributed by atoms with E-state index in [0.717, 1.165) is 25.3 Å². The maximum absolute atomic E-state index is 12.0. The van der Waals surface area contributed by atoms with Crippen LogP contribution in [0.1, 0.15) is 27.2 Å². The minimum absolute atomic E-state index is 0.135. The van der Waals surface area contributed by atoms with E-state index in [9.17, 15) is 4.79 Å². The van der Waals surface area contributed by atoms with Crippen molar-refractivity contribution in [1.29, 1.82) is 0 Å². The third-order valence-electron chi connectivity index (χ3n) is 2.60. The fourth-order valence-corrected chi connectivity index (χ4v) is 2.88. The van der Waals surface area contributed by atoms with Gasteiger partial charge in [-0.2, -0.15) is 11.8 Å². The summed E-state index contributed by atoms with van der Waals surface area (Å²) < 4.78 is 0. The van der Waals surface area contributed by atoms with Crippen LogP contribution in [0.2, 0.25) is 0 Å². The molecule has 0 aromatic heterocycles. The van der Waals surface area contributed by atoms with E-state index in [2.05, 4.69) is 20.8 Å². The van der Waals surface area contributed by atoms with E-state index < -0.39 is 0 Å². The standard InChI is InChI=1S/C11H22N2OS/c1-8(2)6-10(12)11(14)13-4-5-15-9(3)7-13/h8-10H,4-7,12H2,1-3H3. The lowest BCUT2D eigenvalue weighted by atomic mass is 10.0. The van der Waals surface area contributed by atoms with Crippen LogP contribution >= 0.6 is 11.8 Å². The fraction of sp³-hybridized carbons (Fsp3) is 0.909. The van der Waals surface area contributed by atoms with Crippen LogP contribution in [0.4, 0.5) is 0 Å². The Morgan fingerprint density at radius 2 is 2.27 bits per heavy atom. The van der Waals surface area contributed by atoms with E-state index in [-0.39, 0.29) is 11.9 Å². The summed E-state index contributed by atoms with van der Waals surface area (Å²) in [6, 6.07) is -0.305. The third kappa shape index (κ3) is 4.03. The number of carbonyl (C=O) groups is 1. The van der Waals surface area contributed by atoms with Crippen LogP contribution in [0.15, 0.2) is 0 Å². The molecule has 0 aromatic rings. The molecule has 0 aliphatic carbocycles. The summed E-state index contributed by atoms with van der Waals surface area (Å²) in [5.41, 5.74) is 5.90. The highest BCUT2D eigenvalue weighted by atomic mass is 32.2. The topological polar surface area (TPSA) is 46.3 Å². The second kappa shape index (κ2) is 5.75. The van der Waals surface area contributed by atoms with Gasteiger partial charge in [-0.3, -0.25) is 4.79 Å². The second-order valence-electron chi connectivity index (χ2n) is 4.70. The molecule has 15 heavy (non-hydrogen) atoms. The zero-order chi connectivity index (χ0) is 11.4. The average molecular weight is 230 g/mol. The van der Waals surface area contributed by atoms with Gasteiger partial charge >= 0.3 is 0 Å². The van der Waals surface area contributed by atoms with Gasteiger partial charge in [0.15, 0.2) is 0 Å². The van der Waals surface area contributed by atoms with Crippen molar-refractivity contribution in [2.24, 2.45) is 11.7 Å². The minimum atomic E-state index is -0.305. The van der Waals surface area contributed by atoms with Crippen LogP contribution in [0.5, 0.6) is 0 Å². The van der Waals surface area contributed by atoms with Gasteiger partial charge in [0, 0.05) is 24.1 Å². The molecule has 0 spiro atoms. The van der Waals surface area contributed by atoms with Crippen molar-refractivity contribution in [2.75, 3.05) is 18.8 Å². The predicted molar refractivity (Wildman–Crippen MR) is 65.9 cm³/mol. The summed E-state index contributed by atoms with van der Waals surface area (Å²) >= 11 is 1.93. The van der Waals surface area contributed by atoms with Gasteiger partial charge in [0.1, 0.15) is 0 Å². The quantitative estimate of drug-likeness (QED) is 0.795. The molecule has 0 radical (unpaired) electrons. The molecular weight excluding hydrogens is 208 g/mol. The van der Waals surface area contributed by atoms with Crippen molar-refractivity contribution < 1.29 is 4.79 Å². The molecule has 0 bridgehead atoms. The summed E-state index contributed by atoms with van der Waals surface area (Å²) in [7, 11) is 0. The van der Waals surface area contributed by atoms with Crippen LogP contribution in [0.25, 0.3) is 0 Å². The maximum atomic E-state index is 12.0. The third-order valence-corrected chi connectivity index (χ3v) is 3.73. The van der Waals surface area contributed by atoms with Gasteiger partial charge in [-0.25, -0.2) is 0 Å². The second-order valence-corrected chi connectivity index (χ2v) is 6.25. The molecule has 2 N–H and O–H groups in total. The van der Waals surface area contributed by atoms with Crippen LogP contribution in [0, 0.1) is 5.92 Å². The van der Waals surface area contributed by atoms with Gasteiger partial charge in [-0.05, 0) is 12.3 Å². The SMILES string of the molecule is CC(C)CC(N)C(=O)N1CCSC(C)C1. The number of nitrogens with two attached hydrogens (primary N) is 1. The summed E-state index contributed by atoms with van der Waals surface area (Å²) in [5.74, 6) is 1.66. The number of thioether (sulfide) groups is 1. The van der Waals surface area contributed by atoms with Gasteiger partial charge in [-0.15, -0.1) is 0 Å². The highest BCUT2D eigenvalue weighted by Crippen LogP contribution is 2.18. The van der Waals surface area contributed by atoms with Crippen LogP contribution in [-0.4, -0.2) is 40.9 Å². The van der Waals surface area contributed by atoms with E-state index in [1.807, 2.05) is 16.7 Å². The summed E-state index contributed by atoms with van der Waals surface area (Å²) in [6.07, 6.45) is 0.789. The van der Waals surface area contributed by atoms with Gasteiger partial charge < -0.3 is 10.6 Å². The number of nitrogens with zero attached hydrogens (tertiary/aromatic N) is 1. The molecule has 1 amide bonds. The van der Waals surface area contributed by atoms with Crippen molar-refractivity contribution in [3.05, 3.63) is 0 Å². The molecule has 4 heteroatoms. The highest BCUT2D eigenvalue weighted by molar-refractivity contribution is 7.99. The molecule has 2 unspecified atom stereocenters. The Labute approximate surface area is 96.8 Å². The molecule has 1 fully saturated rings. The zero-order valence-electron chi connectivity index (χ0n) is 9.90. The van der Waals surface area contributed by atoms with E-state index in [1.165, 1.54) is 0 Å². The number of rotatable bonds is 3. The first-order valence-electron chi connectivity index (χ1n) is 5.66. The molecule has 1 rings (SSSR count). The Balaban J connectivity index is 2.44. The molecule has 1 aliphatic rings. The summed E-state index contributed by atoms with van der Waals surface area (Å²) in [6.45, 7) is 8.08. The lowest BCUT2D eigenvalue weighted by Crippen LogP contribution is -2.49.